The van der Waals surface area contributed by atoms with Crippen LogP contribution in [0.5, 0.6) is 0 Å². The van der Waals surface area contributed by atoms with Crippen LogP contribution in [-0.4, -0.2) is 12.4 Å². The number of rotatable bonds is 3. The van der Waals surface area contributed by atoms with Crippen LogP contribution in [0.2, 0.25) is 10.0 Å². The van der Waals surface area contributed by atoms with E-state index in [1.54, 1.807) is 18.2 Å². The molecule has 0 atom stereocenters. The molecule has 0 unspecified atom stereocenters. The standard InChI is InChI=1S/C17H18Cl2N2/c1-4-21(16-11(2)7-5-8-12(16)3)17(20)15-13(18)9-6-10-14(15)19/h5-10,20H,4H2,1-3H3. The van der Waals surface area contributed by atoms with Gasteiger partial charge in [-0.25, -0.2) is 0 Å². The van der Waals surface area contributed by atoms with Gasteiger partial charge in [0.2, 0.25) is 0 Å². The van der Waals surface area contributed by atoms with Gasteiger partial charge in [0.25, 0.3) is 0 Å². The van der Waals surface area contributed by atoms with Crippen LogP contribution in [0, 0.1) is 19.3 Å². The SMILES string of the molecule is CCN(C(=N)c1c(Cl)cccc1Cl)c1c(C)cccc1C. The zero-order chi connectivity index (χ0) is 15.6. The summed E-state index contributed by atoms with van der Waals surface area (Å²) >= 11 is 12.5. The van der Waals surface area contributed by atoms with Crippen LogP contribution in [0.3, 0.4) is 0 Å². The topological polar surface area (TPSA) is 27.1 Å². The van der Waals surface area contributed by atoms with E-state index in [0.29, 0.717) is 28.0 Å². The van der Waals surface area contributed by atoms with Crippen LogP contribution in [0.25, 0.3) is 0 Å². The number of amidine groups is 1. The first-order valence-corrected chi connectivity index (χ1v) is 7.59. The number of halogens is 2. The summed E-state index contributed by atoms with van der Waals surface area (Å²) in [7, 11) is 0. The van der Waals surface area contributed by atoms with Crippen molar-refractivity contribution in [2.24, 2.45) is 0 Å². The molecule has 2 nitrogen and oxygen atoms in total. The molecule has 0 aliphatic carbocycles. The van der Waals surface area contributed by atoms with Gasteiger partial charge in [-0.15, -0.1) is 0 Å². The third-order valence-electron chi connectivity index (χ3n) is 3.50. The molecule has 110 valence electrons. The zero-order valence-corrected chi connectivity index (χ0v) is 13.9. The molecule has 0 radical (unpaired) electrons. The Bertz CT molecular complexity index is 640. The molecule has 0 aliphatic heterocycles. The van der Waals surface area contributed by atoms with E-state index in [4.69, 9.17) is 28.6 Å². The highest BCUT2D eigenvalue weighted by molar-refractivity contribution is 6.40. The average molecular weight is 321 g/mol. The van der Waals surface area contributed by atoms with Gasteiger partial charge in [-0.1, -0.05) is 47.5 Å². The summed E-state index contributed by atoms with van der Waals surface area (Å²) in [5, 5.41) is 9.55. The van der Waals surface area contributed by atoms with Crippen LogP contribution < -0.4 is 4.90 Å². The molecule has 2 aromatic carbocycles. The van der Waals surface area contributed by atoms with Crippen molar-refractivity contribution in [3.8, 4) is 0 Å². The molecule has 0 saturated carbocycles. The quantitative estimate of drug-likeness (QED) is 0.589. The molecule has 0 heterocycles. The number of hydrogen-bond donors (Lipinski definition) is 1. The number of aryl methyl sites for hydroxylation is 2. The third-order valence-corrected chi connectivity index (χ3v) is 4.13. The molecular weight excluding hydrogens is 303 g/mol. The summed E-state index contributed by atoms with van der Waals surface area (Å²) in [6.07, 6.45) is 0. The molecular formula is C17H18Cl2N2. The van der Waals surface area contributed by atoms with Gasteiger partial charge in [0.05, 0.1) is 15.6 Å². The van der Waals surface area contributed by atoms with E-state index in [2.05, 4.69) is 0 Å². The summed E-state index contributed by atoms with van der Waals surface area (Å²) in [6, 6.07) is 11.4. The summed E-state index contributed by atoms with van der Waals surface area (Å²) in [5.41, 5.74) is 3.88. The second-order valence-corrected chi connectivity index (χ2v) is 5.74. The van der Waals surface area contributed by atoms with Crippen molar-refractivity contribution in [1.29, 1.82) is 5.41 Å². The van der Waals surface area contributed by atoms with Gasteiger partial charge in [-0.3, -0.25) is 5.41 Å². The molecule has 2 rings (SSSR count). The Hall–Kier alpha value is -1.51. The van der Waals surface area contributed by atoms with E-state index < -0.39 is 0 Å². The van der Waals surface area contributed by atoms with Gasteiger partial charge in [-0.2, -0.15) is 0 Å². The molecule has 0 aromatic heterocycles. The third kappa shape index (κ3) is 3.07. The van der Waals surface area contributed by atoms with Gasteiger partial charge in [0.15, 0.2) is 0 Å². The predicted molar refractivity (Wildman–Crippen MR) is 92.2 cm³/mol. The molecule has 0 saturated heterocycles. The van der Waals surface area contributed by atoms with E-state index >= 15 is 0 Å². The molecule has 0 fully saturated rings. The summed E-state index contributed by atoms with van der Waals surface area (Å²) < 4.78 is 0. The Balaban J connectivity index is 2.54. The Labute approximate surface area is 135 Å². The molecule has 0 amide bonds. The van der Waals surface area contributed by atoms with Crippen molar-refractivity contribution in [2.45, 2.75) is 20.8 Å². The van der Waals surface area contributed by atoms with Crippen molar-refractivity contribution >= 4 is 34.7 Å². The van der Waals surface area contributed by atoms with Crippen molar-refractivity contribution in [2.75, 3.05) is 11.4 Å². The largest absolute Gasteiger partial charge is 0.326 e. The Morgan fingerprint density at radius 3 is 1.95 bits per heavy atom. The molecule has 0 spiro atoms. The Morgan fingerprint density at radius 1 is 1.00 bits per heavy atom. The second-order valence-electron chi connectivity index (χ2n) is 4.93. The molecule has 4 heteroatoms. The lowest BCUT2D eigenvalue weighted by Crippen LogP contribution is -2.32. The highest BCUT2D eigenvalue weighted by atomic mass is 35.5. The van der Waals surface area contributed by atoms with Crippen LogP contribution in [-0.2, 0) is 0 Å². The first kappa shape index (κ1) is 15.9. The first-order chi connectivity index (χ1) is 9.97. The van der Waals surface area contributed by atoms with Crippen molar-refractivity contribution in [3.05, 3.63) is 63.1 Å². The average Bonchev–Trinajstić information content (AvgIpc) is 2.42. The van der Waals surface area contributed by atoms with Gasteiger partial charge < -0.3 is 4.90 Å². The maximum absolute atomic E-state index is 8.56. The first-order valence-electron chi connectivity index (χ1n) is 6.84. The van der Waals surface area contributed by atoms with Crippen LogP contribution in [0.15, 0.2) is 36.4 Å². The number of nitrogens with one attached hydrogen (secondary N) is 1. The van der Waals surface area contributed by atoms with Gasteiger partial charge >= 0.3 is 0 Å². The number of hydrogen-bond acceptors (Lipinski definition) is 1. The predicted octanol–water partition coefficient (Wildman–Crippen LogP) is 5.46. The summed E-state index contributed by atoms with van der Waals surface area (Å²) in [5.74, 6) is 0.325. The fourth-order valence-corrected chi connectivity index (χ4v) is 3.09. The summed E-state index contributed by atoms with van der Waals surface area (Å²) in [4.78, 5) is 1.94. The highest BCUT2D eigenvalue weighted by Crippen LogP contribution is 2.30. The highest BCUT2D eigenvalue weighted by Gasteiger charge is 2.20. The van der Waals surface area contributed by atoms with Crippen molar-refractivity contribution < 1.29 is 0 Å². The maximum Gasteiger partial charge on any atom is 0.135 e. The fourth-order valence-electron chi connectivity index (χ4n) is 2.52. The van der Waals surface area contributed by atoms with E-state index in [-0.39, 0.29) is 0 Å². The molecule has 0 bridgehead atoms. The Morgan fingerprint density at radius 2 is 1.48 bits per heavy atom. The fraction of sp³-hybridized carbons (Fsp3) is 0.235. The van der Waals surface area contributed by atoms with E-state index in [9.17, 15) is 0 Å². The maximum atomic E-state index is 8.56. The van der Waals surface area contributed by atoms with Gasteiger partial charge in [0, 0.05) is 12.2 Å². The number of benzene rings is 2. The lowest BCUT2D eigenvalue weighted by molar-refractivity contribution is 1.03. The van der Waals surface area contributed by atoms with Crippen LogP contribution >= 0.6 is 23.2 Å². The second kappa shape index (κ2) is 6.50. The zero-order valence-electron chi connectivity index (χ0n) is 12.4. The summed E-state index contributed by atoms with van der Waals surface area (Å²) in [6.45, 7) is 6.79. The van der Waals surface area contributed by atoms with Crippen molar-refractivity contribution in [1.82, 2.24) is 0 Å². The monoisotopic (exact) mass is 320 g/mol. The Kier molecular flexibility index (Phi) is 4.92. The minimum atomic E-state index is 0.325. The number of nitrogens with zero attached hydrogens (tertiary/aromatic N) is 1. The minimum Gasteiger partial charge on any atom is -0.326 e. The van der Waals surface area contributed by atoms with E-state index in [1.807, 2.05) is 43.9 Å². The van der Waals surface area contributed by atoms with Gasteiger partial charge in [0.1, 0.15) is 5.84 Å². The molecule has 21 heavy (non-hydrogen) atoms. The van der Waals surface area contributed by atoms with Gasteiger partial charge in [-0.05, 0) is 44.0 Å². The number of anilines is 1. The lowest BCUT2D eigenvalue weighted by atomic mass is 10.1. The lowest BCUT2D eigenvalue weighted by Gasteiger charge is -2.28. The van der Waals surface area contributed by atoms with E-state index in [1.165, 1.54) is 0 Å². The smallest absolute Gasteiger partial charge is 0.135 e. The van der Waals surface area contributed by atoms with E-state index in [0.717, 1.165) is 16.8 Å². The molecule has 1 N–H and O–H groups in total. The number of para-hydroxylation sites is 1. The molecule has 2 aromatic rings. The van der Waals surface area contributed by atoms with Crippen molar-refractivity contribution in [3.63, 3.8) is 0 Å². The van der Waals surface area contributed by atoms with Crippen LogP contribution in [0.1, 0.15) is 23.6 Å². The van der Waals surface area contributed by atoms with Crippen LogP contribution in [0.4, 0.5) is 5.69 Å². The normalized spacial score (nSPS) is 10.5. The molecule has 0 aliphatic rings. The minimum absolute atomic E-state index is 0.325.